The molecule has 102 valence electrons. The molecule has 2 heterocycles. The largest absolute Gasteiger partial charge is 0.339 e. The second kappa shape index (κ2) is 5.54. The summed E-state index contributed by atoms with van der Waals surface area (Å²) >= 11 is 6.20. The van der Waals surface area contributed by atoms with Crippen LogP contribution in [-0.2, 0) is 11.2 Å². The first-order valence-corrected chi connectivity index (χ1v) is 7.67. The van der Waals surface area contributed by atoms with E-state index in [0.717, 1.165) is 30.0 Å². The Kier molecular flexibility index (Phi) is 3.79. The molecule has 1 aromatic rings. The molecule has 2 unspecified atom stereocenters. The third-order valence-corrected chi connectivity index (χ3v) is 4.90. The second-order valence-electron chi connectivity index (χ2n) is 5.75. The van der Waals surface area contributed by atoms with Gasteiger partial charge in [-0.25, -0.2) is 0 Å². The van der Waals surface area contributed by atoms with Gasteiger partial charge in [0.1, 0.15) is 0 Å². The topological polar surface area (TPSA) is 20.3 Å². The van der Waals surface area contributed by atoms with Crippen molar-refractivity contribution in [3.8, 4) is 0 Å². The minimum Gasteiger partial charge on any atom is -0.339 e. The van der Waals surface area contributed by atoms with Crippen molar-refractivity contribution in [3.63, 3.8) is 0 Å². The average molecular weight is 278 g/mol. The van der Waals surface area contributed by atoms with Crippen molar-refractivity contribution in [1.29, 1.82) is 0 Å². The first kappa shape index (κ1) is 13.0. The van der Waals surface area contributed by atoms with Gasteiger partial charge < -0.3 is 4.90 Å². The third kappa shape index (κ3) is 2.64. The molecule has 0 radical (unpaired) electrons. The van der Waals surface area contributed by atoms with Gasteiger partial charge in [0, 0.05) is 23.5 Å². The molecule has 3 heteroatoms. The number of halogens is 1. The summed E-state index contributed by atoms with van der Waals surface area (Å²) in [5, 5.41) is 0.788. The van der Waals surface area contributed by atoms with Crippen LogP contribution in [-0.4, -0.2) is 23.4 Å². The normalized spacial score (nSPS) is 27.2. The monoisotopic (exact) mass is 277 g/mol. The Balaban J connectivity index is 1.72. The smallest absolute Gasteiger partial charge is 0.226 e. The van der Waals surface area contributed by atoms with Crippen LogP contribution in [0.15, 0.2) is 24.3 Å². The molecule has 0 spiro atoms. The molecule has 19 heavy (non-hydrogen) atoms. The number of fused-ring (bicyclic) bond motifs is 1. The van der Waals surface area contributed by atoms with E-state index >= 15 is 0 Å². The Hall–Kier alpha value is -1.02. The van der Waals surface area contributed by atoms with Crippen molar-refractivity contribution in [2.75, 3.05) is 6.54 Å². The molecule has 0 aromatic heterocycles. The number of benzene rings is 1. The number of hydrogen-bond donors (Lipinski definition) is 0. The number of hydrogen-bond acceptors (Lipinski definition) is 1. The molecule has 2 aliphatic rings. The Morgan fingerprint density at radius 1 is 1.16 bits per heavy atom. The average Bonchev–Trinajstić information content (AvgIpc) is 2.44. The fourth-order valence-corrected chi connectivity index (χ4v) is 3.67. The van der Waals surface area contributed by atoms with Crippen LogP contribution in [0.1, 0.15) is 37.7 Å². The maximum Gasteiger partial charge on any atom is 0.226 e. The van der Waals surface area contributed by atoms with E-state index in [0.29, 0.717) is 11.9 Å². The van der Waals surface area contributed by atoms with Crippen molar-refractivity contribution in [2.45, 2.75) is 44.6 Å². The highest BCUT2D eigenvalue weighted by atomic mass is 35.5. The van der Waals surface area contributed by atoms with E-state index in [-0.39, 0.29) is 5.92 Å². The van der Waals surface area contributed by atoms with E-state index in [4.69, 9.17) is 11.6 Å². The molecule has 2 atom stereocenters. The summed E-state index contributed by atoms with van der Waals surface area (Å²) in [6.45, 7) is 0.961. The van der Waals surface area contributed by atoms with Gasteiger partial charge in [-0.05, 0) is 50.2 Å². The third-order valence-electron chi connectivity index (χ3n) is 4.53. The standard InChI is InChI=1S/C16H20ClNO/c17-15-7-2-1-5-12(15)11-13-8-9-14-6-3-4-10-18(14)16(13)19/h1-2,5,7,13-14H,3-4,6,8-11H2. The number of amides is 1. The fraction of sp³-hybridized carbons (Fsp3) is 0.562. The quantitative estimate of drug-likeness (QED) is 0.808. The van der Waals surface area contributed by atoms with E-state index in [1.54, 1.807) is 0 Å². The lowest BCUT2D eigenvalue weighted by Crippen LogP contribution is -2.50. The van der Waals surface area contributed by atoms with E-state index in [9.17, 15) is 4.79 Å². The molecule has 3 rings (SSSR count). The van der Waals surface area contributed by atoms with Crippen LogP contribution in [0.3, 0.4) is 0 Å². The molecule has 0 aliphatic carbocycles. The summed E-state index contributed by atoms with van der Waals surface area (Å²) in [5.74, 6) is 0.491. The fourth-order valence-electron chi connectivity index (χ4n) is 3.46. The minimum absolute atomic E-state index is 0.134. The SMILES string of the molecule is O=C1C(Cc2ccccc2Cl)CCC2CCCCN12. The molecule has 0 saturated carbocycles. The Morgan fingerprint density at radius 3 is 2.84 bits per heavy atom. The van der Waals surface area contributed by atoms with Crippen LogP contribution in [0.5, 0.6) is 0 Å². The molecule has 2 saturated heterocycles. The molecule has 2 fully saturated rings. The van der Waals surface area contributed by atoms with E-state index in [1.165, 1.54) is 25.7 Å². The Labute approximate surface area is 119 Å². The lowest BCUT2D eigenvalue weighted by Gasteiger charge is -2.42. The number of nitrogens with zero attached hydrogens (tertiary/aromatic N) is 1. The maximum atomic E-state index is 12.6. The van der Waals surface area contributed by atoms with E-state index in [1.807, 2.05) is 24.3 Å². The molecule has 1 amide bonds. The predicted octanol–water partition coefficient (Wildman–Crippen LogP) is 3.67. The molecule has 0 N–H and O–H groups in total. The molecule has 0 bridgehead atoms. The second-order valence-corrected chi connectivity index (χ2v) is 6.16. The summed E-state index contributed by atoms with van der Waals surface area (Å²) in [5.41, 5.74) is 1.11. The number of carbonyl (C=O) groups is 1. The van der Waals surface area contributed by atoms with Crippen molar-refractivity contribution in [3.05, 3.63) is 34.9 Å². The van der Waals surface area contributed by atoms with E-state index in [2.05, 4.69) is 4.90 Å². The van der Waals surface area contributed by atoms with Gasteiger partial charge in [-0.2, -0.15) is 0 Å². The van der Waals surface area contributed by atoms with Crippen LogP contribution >= 0.6 is 11.6 Å². The van der Waals surface area contributed by atoms with Crippen molar-refractivity contribution in [2.24, 2.45) is 5.92 Å². The zero-order valence-electron chi connectivity index (χ0n) is 11.1. The maximum absolute atomic E-state index is 12.6. The van der Waals surface area contributed by atoms with Crippen molar-refractivity contribution < 1.29 is 4.79 Å². The van der Waals surface area contributed by atoms with E-state index < -0.39 is 0 Å². The van der Waals surface area contributed by atoms with Crippen molar-refractivity contribution in [1.82, 2.24) is 4.90 Å². The summed E-state index contributed by atoms with van der Waals surface area (Å²) in [6.07, 6.45) is 6.63. The number of piperidine rings is 2. The predicted molar refractivity (Wildman–Crippen MR) is 77.2 cm³/mol. The highest BCUT2D eigenvalue weighted by Crippen LogP contribution is 2.32. The van der Waals surface area contributed by atoms with Crippen LogP contribution in [0.25, 0.3) is 0 Å². The highest BCUT2D eigenvalue weighted by molar-refractivity contribution is 6.31. The van der Waals surface area contributed by atoms with Gasteiger partial charge in [0.25, 0.3) is 0 Å². The number of rotatable bonds is 2. The first-order valence-electron chi connectivity index (χ1n) is 7.29. The van der Waals surface area contributed by atoms with Gasteiger partial charge >= 0.3 is 0 Å². The van der Waals surface area contributed by atoms with Gasteiger partial charge in [0.15, 0.2) is 0 Å². The highest BCUT2D eigenvalue weighted by Gasteiger charge is 2.36. The summed E-state index contributed by atoms with van der Waals surface area (Å²) in [6, 6.07) is 8.41. The van der Waals surface area contributed by atoms with Crippen LogP contribution in [0.4, 0.5) is 0 Å². The van der Waals surface area contributed by atoms with Crippen molar-refractivity contribution >= 4 is 17.5 Å². The summed E-state index contributed by atoms with van der Waals surface area (Å²) in [7, 11) is 0. The summed E-state index contributed by atoms with van der Waals surface area (Å²) in [4.78, 5) is 14.7. The van der Waals surface area contributed by atoms with Gasteiger partial charge in [-0.15, -0.1) is 0 Å². The Bertz CT molecular complexity index is 474. The first-order chi connectivity index (χ1) is 9.25. The molecule has 1 aromatic carbocycles. The van der Waals surface area contributed by atoms with Gasteiger partial charge in [-0.1, -0.05) is 29.8 Å². The lowest BCUT2D eigenvalue weighted by atomic mass is 9.84. The van der Waals surface area contributed by atoms with Crippen LogP contribution in [0, 0.1) is 5.92 Å². The zero-order chi connectivity index (χ0) is 13.2. The molecular formula is C16H20ClNO. The zero-order valence-corrected chi connectivity index (χ0v) is 11.9. The van der Waals surface area contributed by atoms with Crippen LogP contribution < -0.4 is 0 Å². The van der Waals surface area contributed by atoms with Gasteiger partial charge in [0.05, 0.1) is 0 Å². The lowest BCUT2D eigenvalue weighted by molar-refractivity contribution is -0.143. The van der Waals surface area contributed by atoms with Gasteiger partial charge in [0.2, 0.25) is 5.91 Å². The molecule has 2 aliphatic heterocycles. The number of carbonyl (C=O) groups excluding carboxylic acids is 1. The van der Waals surface area contributed by atoms with Gasteiger partial charge in [-0.3, -0.25) is 4.79 Å². The Morgan fingerprint density at radius 2 is 2.00 bits per heavy atom. The molecular weight excluding hydrogens is 258 g/mol. The van der Waals surface area contributed by atoms with Crippen LogP contribution in [0.2, 0.25) is 5.02 Å². The molecule has 2 nitrogen and oxygen atoms in total. The summed E-state index contributed by atoms with van der Waals surface area (Å²) < 4.78 is 0. The minimum atomic E-state index is 0.134.